The summed E-state index contributed by atoms with van der Waals surface area (Å²) >= 11 is 0. The predicted molar refractivity (Wildman–Crippen MR) is 102 cm³/mol. The molecule has 1 amide bonds. The fourth-order valence-electron chi connectivity index (χ4n) is 2.68. The summed E-state index contributed by atoms with van der Waals surface area (Å²) in [5.74, 6) is 1.70. The van der Waals surface area contributed by atoms with Gasteiger partial charge < -0.3 is 14.8 Å². The van der Waals surface area contributed by atoms with Crippen LogP contribution >= 0.6 is 0 Å². The number of hydrogen-bond acceptors (Lipinski definition) is 4. The number of carbonyl (C=O) groups is 1. The number of carbonyl (C=O) groups excluding carboxylic acids is 1. The predicted octanol–water partition coefficient (Wildman–Crippen LogP) is 2.95. The maximum Gasteiger partial charge on any atom is 0.254 e. The van der Waals surface area contributed by atoms with Crippen LogP contribution in [-0.2, 0) is 13.1 Å². The minimum Gasteiger partial charge on any atom is -0.366 e. The second kappa shape index (κ2) is 7.82. The molecule has 26 heavy (non-hydrogen) atoms. The molecule has 0 saturated carbocycles. The van der Waals surface area contributed by atoms with Crippen molar-refractivity contribution in [2.45, 2.75) is 20.0 Å². The summed E-state index contributed by atoms with van der Waals surface area (Å²) in [6, 6.07) is 12.1. The van der Waals surface area contributed by atoms with Gasteiger partial charge in [0.25, 0.3) is 5.91 Å². The Kier molecular flexibility index (Phi) is 5.31. The number of imidazole rings is 1. The summed E-state index contributed by atoms with van der Waals surface area (Å²) in [6.07, 6.45) is 5.40. The summed E-state index contributed by atoms with van der Waals surface area (Å²) in [5, 5.41) is 3.30. The quantitative estimate of drug-likeness (QED) is 0.743. The zero-order valence-corrected chi connectivity index (χ0v) is 15.3. The van der Waals surface area contributed by atoms with Crippen LogP contribution in [0.25, 0.3) is 0 Å². The normalized spacial score (nSPS) is 10.6. The highest BCUT2D eigenvalue weighted by atomic mass is 16.2. The van der Waals surface area contributed by atoms with E-state index in [9.17, 15) is 4.79 Å². The van der Waals surface area contributed by atoms with Crippen LogP contribution in [0, 0.1) is 6.92 Å². The second-order valence-electron chi connectivity index (χ2n) is 6.41. The van der Waals surface area contributed by atoms with Crippen LogP contribution < -0.4 is 5.32 Å². The Morgan fingerprint density at radius 2 is 1.96 bits per heavy atom. The Labute approximate surface area is 153 Å². The van der Waals surface area contributed by atoms with E-state index in [-0.39, 0.29) is 5.91 Å². The first-order valence-electron chi connectivity index (χ1n) is 8.50. The van der Waals surface area contributed by atoms with Crippen LogP contribution in [0.5, 0.6) is 0 Å². The van der Waals surface area contributed by atoms with Crippen molar-refractivity contribution in [2.75, 3.05) is 19.4 Å². The highest BCUT2D eigenvalue weighted by molar-refractivity contribution is 5.93. The zero-order chi connectivity index (χ0) is 18.5. The summed E-state index contributed by atoms with van der Waals surface area (Å²) in [6.45, 7) is 3.48. The number of rotatable bonds is 6. The topological polar surface area (TPSA) is 63.1 Å². The van der Waals surface area contributed by atoms with Crippen LogP contribution in [0.1, 0.15) is 27.3 Å². The molecule has 1 aromatic carbocycles. The molecule has 2 aromatic heterocycles. The molecule has 0 radical (unpaired) electrons. The molecule has 134 valence electrons. The van der Waals surface area contributed by atoms with E-state index in [4.69, 9.17) is 0 Å². The molecule has 0 aliphatic heterocycles. The number of hydrogen-bond donors (Lipinski definition) is 1. The summed E-state index contributed by atoms with van der Waals surface area (Å²) in [4.78, 5) is 22.0. The van der Waals surface area contributed by atoms with Gasteiger partial charge in [-0.1, -0.05) is 24.3 Å². The first-order valence-corrected chi connectivity index (χ1v) is 8.50. The van der Waals surface area contributed by atoms with Gasteiger partial charge in [0.05, 0.1) is 5.56 Å². The van der Waals surface area contributed by atoms with E-state index in [1.54, 1.807) is 26.4 Å². The Hall–Kier alpha value is -3.15. The molecular formula is C20H23N5O. The third-order valence-electron chi connectivity index (χ3n) is 4.16. The van der Waals surface area contributed by atoms with E-state index < -0.39 is 0 Å². The molecule has 6 nitrogen and oxygen atoms in total. The first kappa shape index (κ1) is 17.7. The van der Waals surface area contributed by atoms with Gasteiger partial charge in [-0.05, 0) is 30.2 Å². The number of nitrogens with zero attached hydrogens (tertiary/aromatic N) is 4. The molecule has 0 fully saturated rings. The van der Waals surface area contributed by atoms with Gasteiger partial charge in [0.2, 0.25) is 0 Å². The fraction of sp³-hybridized carbons (Fsp3) is 0.250. The van der Waals surface area contributed by atoms with Crippen LogP contribution in [0.15, 0.2) is 55.0 Å². The molecule has 2 heterocycles. The summed E-state index contributed by atoms with van der Waals surface area (Å²) < 4.78 is 2.12. The summed E-state index contributed by atoms with van der Waals surface area (Å²) in [5.41, 5.74) is 2.99. The van der Waals surface area contributed by atoms with Crippen LogP contribution in [0.3, 0.4) is 0 Å². The number of amides is 1. The lowest BCUT2D eigenvalue weighted by molar-refractivity contribution is 0.0827. The Morgan fingerprint density at radius 1 is 1.15 bits per heavy atom. The number of benzene rings is 1. The lowest BCUT2D eigenvalue weighted by Gasteiger charge is -2.11. The first-order chi connectivity index (χ1) is 12.5. The van der Waals surface area contributed by atoms with E-state index in [1.165, 1.54) is 16.0 Å². The van der Waals surface area contributed by atoms with Crippen molar-refractivity contribution in [2.24, 2.45) is 0 Å². The third kappa shape index (κ3) is 4.27. The maximum absolute atomic E-state index is 11.9. The number of nitrogens with one attached hydrogen (secondary N) is 1. The highest BCUT2D eigenvalue weighted by Crippen LogP contribution is 2.12. The smallest absolute Gasteiger partial charge is 0.254 e. The number of pyridine rings is 1. The molecule has 0 aliphatic rings. The number of aromatic nitrogens is 3. The molecule has 0 bridgehead atoms. The standard InChI is InChI=1S/C20H23N5O/c1-15-21-9-10-25(15)14-17-6-4-5-16(11-17)12-22-19-8-7-18(13-23-19)20(26)24(2)3/h4-11,13H,12,14H2,1-3H3,(H,22,23). The summed E-state index contributed by atoms with van der Waals surface area (Å²) in [7, 11) is 3.46. The van der Waals surface area contributed by atoms with Crippen molar-refractivity contribution in [3.8, 4) is 0 Å². The second-order valence-corrected chi connectivity index (χ2v) is 6.41. The van der Waals surface area contributed by atoms with Crippen LogP contribution in [0.2, 0.25) is 0 Å². The minimum atomic E-state index is -0.0495. The largest absolute Gasteiger partial charge is 0.366 e. The molecule has 0 atom stereocenters. The van der Waals surface area contributed by atoms with E-state index >= 15 is 0 Å². The van der Waals surface area contributed by atoms with Crippen molar-refractivity contribution in [1.82, 2.24) is 19.4 Å². The highest BCUT2D eigenvalue weighted by Gasteiger charge is 2.08. The molecule has 0 unspecified atom stereocenters. The van der Waals surface area contributed by atoms with Crippen molar-refractivity contribution < 1.29 is 4.79 Å². The van der Waals surface area contributed by atoms with Crippen molar-refractivity contribution in [1.29, 1.82) is 0 Å². The zero-order valence-electron chi connectivity index (χ0n) is 15.3. The van der Waals surface area contributed by atoms with Gasteiger partial charge in [-0.3, -0.25) is 4.79 Å². The van der Waals surface area contributed by atoms with Crippen molar-refractivity contribution in [3.05, 3.63) is 77.5 Å². The van der Waals surface area contributed by atoms with E-state index in [1.807, 2.05) is 25.4 Å². The van der Waals surface area contributed by atoms with Gasteiger partial charge in [0, 0.05) is 45.8 Å². The molecule has 3 aromatic rings. The Morgan fingerprint density at radius 3 is 2.62 bits per heavy atom. The number of aryl methyl sites for hydroxylation is 1. The van der Waals surface area contributed by atoms with Gasteiger partial charge >= 0.3 is 0 Å². The molecule has 1 N–H and O–H groups in total. The average Bonchev–Trinajstić information content (AvgIpc) is 3.05. The molecule has 0 aliphatic carbocycles. The fourth-order valence-corrected chi connectivity index (χ4v) is 2.68. The lowest BCUT2D eigenvalue weighted by Crippen LogP contribution is -2.21. The molecule has 0 saturated heterocycles. The Balaban J connectivity index is 1.62. The Bertz CT molecular complexity index is 883. The molecule has 3 rings (SSSR count). The average molecular weight is 349 g/mol. The van der Waals surface area contributed by atoms with Gasteiger partial charge in [-0.25, -0.2) is 9.97 Å². The van der Waals surface area contributed by atoms with Gasteiger partial charge in [0.15, 0.2) is 0 Å². The SMILES string of the molecule is Cc1nccn1Cc1cccc(CNc2ccc(C(=O)N(C)C)cn2)c1. The lowest BCUT2D eigenvalue weighted by atomic mass is 10.1. The monoisotopic (exact) mass is 349 g/mol. The van der Waals surface area contributed by atoms with Crippen molar-refractivity contribution >= 4 is 11.7 Å². The molecule has 6 heteroatoms. The van der Waals surface area contributed by atoms with Crippen LogP contribution in [0.4, 0.5) is 5.82 Å². The van der Waals surface area contributed by atoms with E-state index in [0.717, 1.165) is 18.2 Å². The van der Waals surface area contributed by atoms with E-state index in [2.05, 4.69) is 44.1 Å². The molecule has 0 spiro atoms. The molecular weight excluding hydrogens is 326 g/mol. The number of anilines is 1. The van der Waals surface area contributed by atoms with Crippen molar-refractivity contribution in [3.63, 3.8) is 0 Å². The van der Waals surface area contributed by atoms with E-state index in [0.29, 0.717) is 12.1 Å². The third-order valence-corrected chi connectivity index (χ3v) is 4.16. The maximum atomic E-state index is 11.9. The minimum absolute atomic E-state index is 0.0495. The van der Waals surface area contributed by atoms with Gasteiger partial charge in [-0.2, -0.15) is 0 Å². The van der Waals surface area contributed by atoms with Gasteiger partial charge in [-0.15, -0.1) is 0 Å². The van der Waals surface area contributed by atoms with Gasteiger partial charge in [0.1, 0.15) is 11.6 Å². The van der Waals surface area contributed by atoms with Crippen LogP contribution in [-0.4, -0.2) is 39.4 Å².